The number of amides is 1. The van der Waals surface area contributed by atoms with Gasteiger partial charge in [0.15, 0.2) is 0 Å². The Bertz CT molecular complexity index is 371. The minimum absolute atomic E-state index is 0.0212. The first kappa shape index (κ1) is 10.9. The molecule has 2 rings (SSSR count). The van der Waals surface area contributed by atoms with E-state index in [1.54, 1.807) is 11.0 Å². The minimum atomic E-state index is -0.316. The summed E-state index contributed by atoms with van der Waals surface area (Å²) in [6, 6.07) is -0.0212. The maximum Gasteiger partial charge on any atom is 0.409 e. The molecule has 2 atom stereocenters. The van der Waals surface area contributed by atoms with E-state index in [2.05, 4.69) is 15.8 Å². The van der Waals surface area contributed by atoms with Crippen LogP contribution in [0.4, 0.5) is 4.79 Å². The summed E-state index contributed by atoms with van der Waals surface area (Å²) >= 11 is 0. The Labute approximate surface area is 93.8 Å². The Morgan fingerprint density at radius 3 is 3.19 bits per heavy atom. The van der Waals surface area contributed by atoms with Crippen molar-refractivity contribution in [2.45, 2.75) is 18.9 Å². The minimum Gasteiger partial charge on any atom is -0.453 e. The molecular formula is C11H14N2O3. The number of allylic oxidation sites excluding steroid dienone is 1. The van der Waals surface area contributed by atoms with Crippen LogP contribution < -0.4 is 0 Å². The van der Waals surface area contributed by atoms with Crippen LogP contribution in [0, 0.1) is 5.92 Å². The first-order valence-electron chi connectivity index (χ1n) is 5.35. The predicted octanol–water partition coefficient (Wildman–Crippen LogP) is 1.11. The van der Waals surface area contributed by atoms with Crippen molar-refractivity contribution >= 4 is 12.2 Å². The van der Waals surface area contributed by atoms with Crippen LogP contribution in [0.25, 0.3) is 0 Å². The second kappa shape index (κ2) is 4.49. The van der Waals surface area contributed by atoms with Crippen LogP contribution in [0.15, 0.2) is 16.6 Å². The molecule has 0 spiro atoms. The average molecular weight is 222 g/mol. The fraction of sp³-hybridized carbons (Fsp3) is 0.636. The molecule has 2 aliphatic rings. The zero-order chi connectivity index (χ0) is 11.5. The Kier molecular flexibility index (Phi) is 3.06. The number of carbonyl (C=O) groups excluding carboxylic acids is 2. The molecule has 1 saturated heterocycles. The largest absolute Gasteiger partial charge is 0.453 e. The number of hydrogen-bond acceptors (Lipinski definition) is 4. The number of aliphatic imine (C=N–C) groups is 1. The number of fused-ring (bicyclic) bond motifs is 1. The number of rotatable bonds is 1. The second-order valence-corrected chi connectivity index (χ2v) is 4.10. The number of likely N-dealkylation sites (tertiary alicyclic amines) is 1. The van der Waals surface area contributed by atoms with Gasteiger partial charge in [0.25, 0.3) is 0 Å². The lowest BCUT2D eigenvalue weighted by molar-refractivity contribution is 0.131. The molecule has 5 heteroatoms. The lowest BCUT2D eigenvalue weighted by Gasteiger charge is -2.22. The maximum atomic E-state index is 11.4. The summed E-state index contributed by atoms with van der Waals surface area (Å²) in [5.74, 6) is 0.175. The van der Waals surface area contributed by atoms with Crippen LogP contribution in [-0.4, -0.2) is 43.3 Å². The average Bonchev–Trinajstić information content (AvgIpc) is 2.73. The number of carbonyl (C=O) groups is 1. The fourth-order valence-corrected chi connectivity index (χ4v) is 2.47. The van der Waals surface area contributed by atoms with Gasteiger partial charge in [0, 0.05) is 19.0 Å². The number of isocyanates is 1. The van der Waals surface area contributed by atoms with Crippen molar-refractivity contribution in [3.63, 3.8) is 0 Å². The van der Waals surface area contributed by atoms with Crippen molar-refractivity contribution in [2.24, 2.45) is 10.9 Å². The standard InChI is InChI=1S/C11H14N2O3/c1-16-11(15)13-5-8-3-2-4-10(12-7-14)9(8)6-13/h3,9-10H,2,4-6H2,1H3. The van der Waals surface area contributed by atoms with E-state index in [1.165, 1.54) is 12.7 Å². The molecule has 16 heavy (non-hydrogen) atoms. The van der Waals surface area contributed by atoms with Crippen molar-refractivity contribution in [3.05, 3.63) is 11.6 Å². The lowest BCUT2D eigenvalue weighted by Crippen LogP contribution is -2.30. The van der Waals surface area contributed by atoms with Crippen LogP contribution in [0.1, 0.15) is 12.8 Å². The topological polar surface area (TPSA) is 59.0 Å². The summed E-state index contributed by atoms with van der Waals surface area (Å²) in [5, 5.41) is 0. The fourth-order valence-electron chi connectivity index (χ4n) is 2.47. The quantitative estimate of drug-likeness (QED) is 0.379. The van der Waals surface area contributed by atoms with Gasteiger partial charge in [0.05, 0.1) is 13.2 Å². The Morgan fingerprint density at radius 1 is 1.69 bits per heavy atom. The van der Waals surface area contributed by atoms with E-state index in [1.807, 2.05) is 0 Å². The van der Waals surface area contributed by atoms with Gasteiger partial charge in [0.2, 0.25) is 6.08 Å². The lowest BCUT2D eigenvalue weighted by atomic mass is 9.86. The van der Waals surface area contributed by atoms with Gasteiger partial charge in [-0.25, -0.2) is 14.6 Å². The second-order valence-electron chi connectivity index (χ2n) is 4.10. The van der Waals surface area contributed by atoms with Gasteiger partial charge in [-0.2, -0.15) is 0 Å². The molecule has 0 aromatic carbocycles. The molecule has 0 aromatic heterocycles. The van der Waals surface area contributed by atoms with E-state index in [-0.39, 0.29) is 18.1 Å². The molecule has 0 N–H and O–H groups in total. The molecule has 1 fully saturated rings. The molecule has 1 aliphatic carbocycles. The SMILES string of the molecule is COC(=O)N1CC2=CCCC(N=C=O)C2C1. The first-order valence-corrected chi connectivity index (χ1v) is 5.35. The van der Waals surface area contributed by atoms with Gasteiger partial charge in [-0.05, 0) is 18.4 Å². The number of ether oxygens (including phenoxy) is 1. The van der Waals surface area contributed by atoms with Gasteiger partial charge >= 0.3 is 6.09 Å². The predicted molar refractivity (Wildman–Crippen MR) is 56.7 cm³/mol. The van der Waals surface area contributed by atoms with E-state index >= 15 is 0 Å². The highest BCUT2D eigenvalue weighted by Crippen LogP contribution is 2.33. The molecule has 0 aromatic rings. The maximum absolute atomic E-state index is 11.4. The molecule has 0 radical (unpaired) electrons. The number of methoxy groups -OCH3 is 1. The molecule has 0 saturated carbocycles. The highest BCUT2D eigenvalue weighted by Gasteiger charge is 2.37. The molecule has 1 heterocycles. The van der Waals surface area contributed by atoms with Gasteiger partial charge in [-0.3, -0.25) is 0 Å². The van der Waals surface area contributed by atoms with Crippen LogP contribution >= 0.6 is 0 Å². The van der Waals surface area contributed by atoms with Crippen LogP contribution in [0.5, 0.6) is 0 Å². The van der Waals surface area contributed by atoms with Crippen LogP contribution in [0.3, 0.4) is 0 Å². The van der Waals surface area contributed by atoms with Gasteiger partial charge in [0.1, 0.15) is 0 Å². The Morgan fingerprint density at radius 2 is 2.50 bits per heavy atom. The van der Waals surface area contributed by atoms with E-state index < -0.39 is 0 Å². The molecule has 86 valence electrons. The Hall–Kier alpha value is -1.61. The third-order valence-corrected chi connectivity index (χ3v) is 3.25. The van der Waals surface area contributed by atoms with Crippen molar-refractivity contribution in [3.8, 4) is 0 Å². The first-order chi connectivity index (χ1) is 7.76. The third-order valence-electron chi connectivity index (χ3n) is 3.25. The molecular weight excluding hydrogens is 208 g/mol. The molecule has 1 aliphatic heterocycles. The summed E-state index contributed by atoms with van der Waals surface area (Å²) < 4.78 is 4.69. The van der Waals surface area contributed by atoms with Gasteiger partial charge in [-0.15, -0.1) is 0 Å². The van der Waals surface area contributed by atoms with Crippen molar-refractivity contribution in [2.75, 3.05) is 20.2 Å². The number of nitrogens with zero attached hydrogens (tertiary/aromatic N) is 2. The zero-order valence-electron chi connectivity index (χ0n) is 9.18. The highest BCUT2D eigenvalue weighted by atomic mass is 16.5. The van der Waals surface area contributed by atoms with Crippen molar-refractivity contribution in [1.29, 1.82) is 0 Å². The molecule has 0 bridgehead atoms. The van der Waals surface area contributed by atoms with E-state index in [0.29, 0.717) is 13.1 Å². The van der Waals surface area contributed by atoms with Crippen LogP contribution in [-0.2, 0) is 9.53 Å². The third kappa shape index (κ3) is 1.86. The van der Waals surface area contributed by atoms with Gasteiger partial charge < -0.3 is 9.64 Å². The van der Waals surface area contributed by atoms with Crippen molar-refractivity contribution in [1.82, 2.24) is 4.90 Å². The van der Waals surface area contributed by atoms with Crippen LogP contribution in [0.2, 0.25) is 0 Å². The normalized spacial score (nSPS) is 27.8. The zero-order valence-corrected chi connectivity index (χ0v) is 9.18. The van der Waals surface area contributed by atoms with E-state index in [0.717, 1.165) is 12.8 Å². The summed E-state index contributed by atoms with van der Waals surface area (Å²) in [4.78, 5) is 27.2. The van der Waals surface area contributed by atoms with E-state index in [4.69, 9.17) is 0 Å². The van der Waals surface area contributed by atoms with Gasteiger partial charge in [-0.1, -0.05) is 6.08 Å². The monoisotopic (exact) mass is 222 g/mol. The summed E-state index contributed by atoms with van der Waals surface area (Å²) in [5.41, 5.74) is 1.20. The van der Waals surface area contributed by atoms with Crippen molar-refractivity contribution < 1.29 is 14.3 Å². The summed E-state index contributed by atoms with van der Waals surface area (Å²) in [6.45, 7) is 1.19. The molecule has 2 unspecified atom stereocenters. The molecule has 1 amide bonds. The Balaban J connectivity index is 2.13. The van der Waals surface area contributed by atoms with E-state index in [9.17, 15) is 9.59 Å². The molecule has 5 nitrogen and oxygen atoms in total. The summed E-state index contributed by atoms with van der Waals surface area (Å²) in [6.07, 6.45) is 5.22. The number of hydrogen-bond donors (Lipinski definition) is 0. The summed E-state index contributed by atoms with van der Waals surface area (Å²) in [7, 11) is 1.37. The highest BCUT2D eigenvalue weighted by molar-refractivity contribution is 5.68. The smallest absolute Gasteiger partial charge is 0.409 e.